The van der Waals surface area contributed by atoms with E-state index < -0.39 is 22.0 Å². The Bertz CT molecular complexity index is 1850. The van der Waals surface area contributed by atoms with Crippen LogP contribution in [0.1, 0.15) is 52.9 Å². The lowest BCUT2D eigenvalue weighted by Crippen LogP contribution is -2.45. The number of thiophene rings is 1. The maximum atomic E-state index is 14.4. The number of nitrogens with one attached hydrogen (secondary N) is 2. The maximum absolute atomic E-state index is 14.4. The summed E-state index contributed by atoms with van der Waals surface area (Å²) in [6, 6.07) is 15.8. The van der Waals surface area contributed by atoms with E-state index in [1.807, 2.05) is 17.5 Å². The number of aromatic amines is 1. The predicted molar refractivity (Wildman–Crippen MR) is 179 cm³/mol. The number of Topliss-reactive ketones (excluding diaryl/α,β-unsaturated/α-hetero) is 1. The Labute approximate surface area is 274 Å². The van der Waals surface area contributed by atoms with Crippen molar-refractivity contribution in [2.45, 2.75) is 51.1 Å². The zero-order valence-electron chi connectivity index (χ0n) is 25.9. The van der Waals surface area contributed by atoms with Gasteiger partial charge >= 0.3 is 5.97 Å². The molecule has 2 heterocycles. The average molecular weight is 672 g/mol. The Kier molecular flexibility index (Phi) is 11.9. The molecule has 4 rings (SSSR count). The van der Waals surface area contributed by atoms with Gasteiger partial charge in [-0.2, -0.15) is 4.72 Å². The first-order chi connectivity index (χ1) is 22.0. The number of hydrogen-bond donors (Lipinski definition) is 2. The second kappa shape index (κ2) is 15.8. The molecule has 2 N–H and O–H groups in total. The first-order valence-electron chi connectivity index (χ1n) is 14.8. The summed E-state index contributed by atoms with van der Waals surface area (Å²) < 4.78 is 41.3. The number of pyridine rings is 1. The van der Waals surface area contributed by atoms with Crippen LogP contribution in [0.4, 0.5) is 0 Å². The highest BCUT2D eigenvalue weighted by Crippen LogP contribution is 2.30. The van der Waals surface area contributed by atoms with Crippen LogP contribution >= 0.6 is 11.3 Å². The zero-order valence-corrected chi connectivity index (χ0v) is 27.5. The Hall–Kier alpha value is -4.33. The second-order valence-corrected chi connectivity index (χ2v) is 13.6. The number of amides is 1. The van der Waals surface area contributed by atoms with E-state index in [4.69, 9.17) is 9.47 Å². The summed E-state index contributed by atoms with van der Waals surface area (Å²) in [6.07, 6.45) is 0.466. The van der Waals surface area contributed by atoms with Crippen LogP contribution in [0.2, 0.25) is 0 Å². The number of para-hydroxylation sites is 1. The third kappa shape index (κ3) is 9.12. The number of esters is 1. The fourth-order valence-corrected chi connectivity index (χ4v) is 6.53. The van der Waals surface area contributed by atoms with Crippen molar-refractivity contribution in [1.29, 1.82) is 0 Å². The van der Waals surface area contributed by atoms with Crippen LogP contribution in [0.5, 0.6) is 5.75 Å². The van der Waals surface area contributed by atoms with Crippen LogP contribution in [0, 0.1) is 5.92 Å². The highest BCUT2D eigenvalue weighted by Gasteiger charge is 2.34. The molecule has 0 aliphatic heterocycles. The number of benzene rings is 2. The quantitative estimate of drug-likeness (QED) is 0.124. The minimum absolute atomic E-state index is 0. The standard InChI is InChI=1S/C33H37N3O8S2.2H2/c1-4-43-31(39)12-7-17-44-29-11-6-5-10-26(29)32(33(40)36(21-28(37)22(2)3)20-24-9-8-18-45-24)35-46(41,42)25-14-15-27-23(19-25)13-16-30(38)34-27;;/h5-6,8-11,13-16,18-19,22,32,35H,4,7,12,17,20-21H2,1-3H3,(H,34,38);2*1H. The molecule has 46 heavy (non-hydrogen) atoms. The van der Waals surface area contributed by atoms with Crippen LogP contribution in [-0.2, 0) is 35.7 Å². The molecule has 13 heteroatoms. The number of ketones is 1. The number of aromatic nitrogens is 1. The highest BCUT2D eigenvalue weighted by atomic mass is 32.2. The summed E-state index contributed by atoms with van der Waals surface area (Å²) in [6.45, 7) is 5.45. The van der Waals surface area contributed by atoms with Gasteiger partial charge in [-0.15, -0.1) is 11.3 Å². The van der Waals surface area contributed by atoms with E-state index in [1.54, 1.807) is 45.0 Å². The fraction of sp³-hybridized carbons (Fsp3) is 0.333. The van der Waals surface area contributed by atoms with Gasteiger partial charge < -0.3 is 19.4 Å². The zero-order chi connectivity index (χ0) is 33.3. The van der Waals surface area contributed by atoms with Crippen molar-refractivity contribution < 1.29 is 35.1 Å². The van der Waals surface area contributed by atoms with Gasteiger partial charge in [0.25, 0.3) is 0 Å². The Balaban J connectivity index is 0.00000400. The van der Waals surface area contributed by atoms with Gasteiger partial charge in [0, 0.05) is 37.2 Å². The Morgan fingerprint density at radius 1 is 1.04 bits per heavy atom. The Morgan fingerprint density at radius 3 is 2.54 bits per heavy atom. The molecule has 1 atom stereocenters. The number of ether oxygens (including phenoxy) is 2. The molecule has 1 amide bonds. The molecule has 0 spiro atoms. The predicted octanol–water partition coefficient (Wildman–Crippen LogP) is 5.08. The number of rotatable bonds is 16. The lowest BCUT2D eigenvalue weighted by molar-refractivity contribution is -0.143. The van der Waals surface area contributed by atoms with Gasteiger partial charge in [0.15, 0.2) is 5.78 Å². The van der Waals surface area contributed by atoms with Gasteiger partial charge in [-0.05, 0) is 60.5 Å². The van der Waals surface area contributed by atoms with Crippen LogP contribution in [0.3, 0.4) is 0 Å². The molecular formula is C33H41N3O8S2. The number of nitrogens with zero attached hydrogens (tertiary/aromatic N) is 1. The van der Waals surface area contributed by atoms with Crippen LogP contribution in [-0.4, -0.2) is 55.7 Å². The van der Waals surface area contributed by atoms with E-state index >= 15 is 0 Å². The number of hydrogen-bond acceptors (Lipinski definition) is 9. The van der Waals surface area contributed by atoms with E-state index in [9.17, 15) is 27.6 Å². The number of sulfonamides is 1. The summed E-state index contributed by atoms with van der Waals surface area (Å²) in [5.41, 5.74) is 0.369. The van der Waals surface area contributed by atoms with E-state index in [0.717, 1.165) is 4.88 Å². The van der Waals surface area contributed by atoms with Crippen LogP contribution in [0.15, 0.2) is 81.8 Å². The van der Waals surface area contributed by atoms with Crippen molar-refractivity contribution in [2.24, 2.45) is 5.92 Å². The third-order valence-corrected chi connectivity index (χ3v) is 9.35. The van der Waals surface area contributed by atoms with Gasteiger partial charge in [-0.3, -0.25) is 19.2 Å². The number of carbonyl (C=O) groups excluding carboxylic acids is 3. The van der Waals surface area contributed by atoms with Crippen molar-refractivity contribution in [3.05, 3.63) is 92.9 Å². The molecule has 1 unspecified atom stereocenters. The van der Waals surface area contributed by atoms with E-state index in [2.05, 4.69) is 9.71 Å². The molecule has 4 aromatic rings. The molecule has 0 saturated carbocycles. The van der Waals surface area contributed by atoms with Crippen molar-refractivity contribution in [3.8, 4) is 5.75 Å². The maximum Gasteiger partial charge on any atom is 0.305 e. The molecule has 2 aromatic carbocycles. The molecule has 0 saturated heterocycles. The lowest BCUT2D eigenvalue weighted by Gasteiger charge is -2.29. The summed E-state index contributed by atoms with van der Waals surface area (Å²) in [4.78, 5) is 55.6. The SMILES string of the molecule is CCOC(=O)CCCOc1ccccc1C(NS(=O)(=O)c1ccc2[nH]c(=O)ccc2c1)C(=O)N(CC(=O)C(C)C)Cc1cccs1.[HH].[HH]. The van der Waals surface area contributed by atoms with Crippen molar-refractivity contribution >= 4 is 49.9 Å². The normalized spacial score (nSPS) is 12.2. The Morgan fingerprint density at radius 2 is 1.83 bits per heavy atom. The molecule has 248 valence electrons. The fourth-order valence-electron chi connectivity index (χ4n) is 4.61. The molecule has 0 aliphatic carbocycles. The van der Waals surface area contributed by atoms with Gasteiger partial charge in [0.2, 0.25) is 21.5 Å². The van der Waals surface area contributed by atoms with Crippen LogP contribution in [0.25, 0.3) is 10.9 Å². The van der Waals surface area contributed by atoms with Crippen molar-refractivity contribution in [2.75, 3.05) is 19.8 Å². The summed E-state index contributed by atoms with van der Waals surface area (Å²) in [5.74, 6) is -1.29. The molecular weight excluding hydrogens is 631 g/mol. The van der Waals surface area contributed by atoms with Crippen LogP contribution < -0.4 is 15.0 Å². The largest absolute Gasteiger partial charge is 0.493 e. The number of fused-ring (bicyclic) bond motifs is 1. The molecule has 0 radical (unpaired) electrons. The second-order valence-electron chi connectivity index (χ2n) is 10.8. The highest BCUT2D eigenvalue weighted by molar-refractivity contribution is 7.89. The molecule has 11 nitrogen and oxygen atoms in total. The first-order valence-corrected chi connectivity index (χ1v) is 17.2. The van der Waals surface area contributed by atoms with Crippen molar-refractivity contribution in [1.82, 2.24) is 14.6 Å². The van der Waals surface area contributed by atoms with Gasteiger partial charge in [-0.1, -0.05) is 38.1 Å². The minimum Gasteiger partial charge on any atom is -0.493 e. The first kappa shape index (κ1) is 34.5. The average Bonchev–Trinajstić information content (AvgIpc) is 3.54. The monoisotopic (exact) mass is 671 g/mol. The summed E-state index contributed by atoms with van der Waals surface area (Å²) >= 11 is 1.41. The third-order valence-electron chi connectivity index (χ3n) is 7.07. The van der Waals surface area contributed by atoms with E-state index in [0.29, 0.717) is 17.3 Å². The minimum atomic E-state index is -4.34. The topological polar surface area (TPSA) is 152 Å². The summed E-state index contributed by atoms with van der Waals surface area (Å²) in [7, 11) is -4.34. The van der Waals surface area contributed by atoms with Gasteiger partial charge in [-0.25, -0.2) is 8.42 Å². The number of H-pyrrole nitrogens is 1. The van der Waals surface area contributed by atoms with E-state index in [-0.39, 0.29) is 75.0 Å². The van der Waals surface area contributed by atoms with Gasteiger partial charge in [0.1, 0.15) is 11.8 Å². The smallest absolute Gasteiger partial charge is 0.305 e. The summed E-state index contributed by atoms with van der Waals surface area (Å²) in [5, 5.41) is 2.34. The molecule has 0 aliphatic rings. The molecule has 0 bridgehead atoms. The number of carbonyl (C=O) groups is 3. The van der Waals surface area contributed by atoms with Crippen molar-refractivity contribution in [3.63, 3.8) is 0 Å². The van der Waals surface area contributed by atoms with Gasteiger partial charge in [0.05, 0.1) is 31.2 Å². The molecule has 0 fully saturated rings. The van der Waals surface area contributed by atoms with E-state index in [1.165, 1.54) is 46.6 Å². The lowest BCUT2D eigenvalue weighted by atomic mass is 10.0. The molecule has 2 aromatic heterocycles.